The summed E-state index contributed by atoms with van der Waals surface area (Å²) in [6, 6.07) is 12.2. The van der Waals surface area contributed by atoms with Crippen LogP contribution < -0.4 is 9.62 Å². The summed E-state index contributed by atoms with van der Waals surface area (Å²) in [7, 11) is -0.348. The molecule has 0 amide bonds. The second-order valence-corrected chi connectivity index (χ2v) is 6.10. The summed E-state index contributed by atoms with van der Waals surface area (Å²) in [5.74, 6) is -0.776. The van der Waals surface area contributed by atoms with Crippen LogP contribution in [-0.4, -0.2) is 22.5 Å². The molecule has 2 rings (SSSR count). The van der Waals surface area contributed by atoms with Crippen LogP contribution in [0.3, 0.4) is 0 Å². The van der Waals surface area contributed by atoms with Crippen molar-refractivity contribution in [2.24, 2.45) is 0 Å². The number of benzene rings is 2. The van der Waals surface area contributed by atoms with Crippen molar-refractivity contribution in [2.45, 2.75) is 4.90 Å². The van der Waals surface area contributed by atoms with E-state index in [9.17, 15) is 12.8 Å². The third-order valence-electron chi connectivity index (χ3n) is 2.76. The highest BCUT2D eigenvalue weighted by atomic mass is 32.2. The minimum absolute atomic E-state index is 0.367. The van der Waals surface area contributed by atoms with Gasteiger partial charge in [-0.2, -0.15) is 0 Å². The molecule has 6 heteroatoms. The fourth-order valence-electron chi connectivity index (χ4n) is 1.81. The predicted octanol–water partition coefficient (Wildman–Crippen LogP) is 2.69. The molecule has 0 fully saturated rings. The Morgan fingerprint density at radius 3 is 2.25 bits per heavy atom. The van der Waals surface area contributed by atoms with Crippen LogP contribution in [0.25, 0.3) is 0 Å². The van der Waals surface area contributed by atoms with Gasteiger partial charge in [0, 0.05) is 14.1 Å². The van der Waals surface area contributed by atoms with Crippen molar-refractivity contribution in [3.63, 3.8) is 0 Å². The Kier molecular flexibility index (Phi) is 3.94. The lowest BCUT2D eigenvalue weighted by atomic mass is 10.2. The van der Waals surface area contributed by atoms with E-state index in [1.807, 2.05) is 0 Å². The van der Waals surface area contributed by atoms with Gasteiger partial charge in [-0.15, -0.1) is 0 Å². The molecule has 1 N–H and O–H groups in total. The normalized spacial score (nSPS) is 11.2. The zero-order valence-electron chi connectivity index (χ0n) is 11.2. The van der Waals surface area contributed by atoms with Crippen molar-refractivity contribution in [3.05, 3.63) is 54.3 Å². The predicted molar refractivity (Wildman–Crippen MR) is 78.0 cm³/mol. The number of halogens is 1. The van der Waals surface area contributed by atoms with Crippen molar-refractivity contribution < 1.29 is 12.8 Å². The minimum atomic E-state index is -3.95. The molecule has 0 radical (unpaired) electrons. The third kappa shape index (κ3) is 2.91. The first kappa shape index (κ1) is 14.3. The Morgan fingerprint density at radius 1 is 1.00 bits per heavy atom. The van der Waals surface area contributed by atoms with Gasteiger partial charge in [-0.05, 0) is 24.3 Å². The topological polar surface area (TPSA) is 49.4 Å². The van der Waals surface area contributed by atoms with E-state index in [-0.39, 0.29) is 4.90 Å². The molecule has 20 heavy (non-hydrogen) atoms. The van der Waals surface area contributed by atoms with Gasteiger partial charge in [-0.25, -0.2) is 12.8 Å². The third-order valence-corrected chi connectivity index (χ3v) is 4.16. The molecule has 0 bridgehead atoms. The molecule has 0 heterocycles. The number of nitrogens with zero attached hydrogens (tertiary/aromatic N) is 1. The molecule has 0 spiro atoms. The van der Waals surface area contributed by atoms with Crippen molar-refractivity contribution in [3.8, 4) is 0 Å². The van der Waals surface area contributed by atoms with Gasteiger partial charge in [-0.3, -0.25) is 4.72 Å². The highest BCUT2D eigenvalue weighted by Gasteiger charge is 2.19. The first-order chi connectivity index (χ1) is 9.42. The molecule has 2 aromatic rings. The number of hydrogen-bond donors (Lipinski definition) is 1. The summed E-state index contributed by atoms with van der Waals surface area (Å²) >= 11 is 0. The maximum absolute atomic E-state index is 13.6. The van der Waals surface area contributed by atoms with Crippen LogP contribution in [0.4, 0.5) is 15.8 Å². The molecule has 4 nitrogen and oxygen atoms in total. The van der Waals surface area contributed by atoms with E-state index in [1.165, 1.54) is 18.2 Å². The van der Waals surface area contributed by atoms with E-state index >= 15 is 0 Å². The molecule has 0 saturated carbocycles. The van der Waals surface area contributed by atoms with Crippen LogP contribution in [-0.2, 0) is 10.0 Å². The van der Waals surface area contributed by atoms with E-state index in [4.69, 9.17) is 0 Å². The summed E-state index contributed by atoms with van der Waals surface area (Å²) in [6.45, 7) is 0. The van der Waals surface area contributed by atoms with Crippen molar-refractivity contribution in [1.82, 2.24) is 0 Å². The number of hydrogen-bond acceptors (Lipinski definition) is 3. The molecule has 0 aromatic heterocycles. The smallest absolute Gasteiger partial charge is 0.264 e. The summed E-state index contributed by atoms with van der Waals surface area (Å²) in [6.07, 6.45) is 0. The van der Waals surface area contributed by atoms with Crippen LogP contribution in [0.15, 0.2) is 53.4 Å². The molecule has 106 valence electrons. The lowest BCUT2D eigenvalue weighted by Crippen LogP contribution is -2.18. The number of sulfonamides is 1. The van der Waals surface area contributed by atoms with Gasteiger partial charge in [0.15, 0.2) is 0 Å². The Balaban J connectivity index is 2.42. The Bertz CT molecular complexity index is 715. The molecule has 0 aliphatic rings. The highest BCUT2D eigenvalue weighted by molar-refractivity contribution is 7.92. The Hall–Kier alpha value is -2.08. The maximum atomic E-state index is 13.6. The summed E-state index contributed by atoms with van der Waals surface area (Å²) < 4.78 is 40.5. The van der Waals surface area contributed by atoms with E-state index < -0.39 is 15.8 Å². The first-order valence-corrected chi connectivity index (χ1v) is 7.44. The first-order valence-electron chi connectivity index (χ1n) is 5.95. The molecular formula is C14H15FN2O2S. The van der Waals surface area contributed by atoms with Crippen molar-refractivity contribution in [1.29, 1.82) is 0 Å². The second kappa shape index (κ2) is 5.50. The average Bonchev–Trinajstić information content (AvgIpc) is 2.39. The molecule has 0 unspecified atom stereocenters. The van der Waals surface area contributed by atoms with E-state index in [0.29, 0.717) is 11.4 Å². The zero-order chi connectivity index (χ0) is 14.8. The fraction of sp³-hybridized carbons (Fsp3) is 0.143. The second-order valence-electron chi connectivity index (χ2n) is 4.45. The van der Waals surface area contributed by atoms with Crippen LogP contribution in [0.1, 0.15) is 0 Å². The minimum Gasteiger partial charge on any atom is -0.376 e. The molecule has 2 aromatic carbocycles. The van der Waals surface area contributed by atoms with Gasteiger partial charge in [0.25, 0.3) is 10.0 Å². The highest BCUT2D eigenvalue weighted by Crippen LogP contribution is 2.26. The number of rotatable bonds is 4. The molecule has 0 aliphatic heterocycles. The number of anilines is 2. The van der Waals surface area contributed by atoms with E-state index in [1.54, 1.807) is 43.3 Å². The van der Waals surface area contributed by atoms with Gasteiger partial charge < -0.3 is 4.90 Å². The van der Waals surface area contributed by atoms with E-state index in [2.05, 4.69) is 4.72 Å². The molecular weight excluding hydrogens is 279 g/mol. The summed E-state index contributed by atoms with van der Waals surface area (Å²) in [5, 5.41) is 0. The van der Waals surface area contributed by atoms with Crippen LogP contribution in [0.5, 0.6) is 0 Å². The van der Waals surface area contributed by atoms with Crippen LogP contribution in [0, 0.1) is 5.82 Å². The number of nitrogens with one attached hydrogen (secondary N) is 1. The Labute approximate surface area is 117 Å². The quantitative estimate of drug-likeness (QED) is 0.943. The van der Waals surface area contributed by atoms with Crippen molar-refractivity contribution in [2.75, 3.05) is 23.7 Å². The monoisotopic (exact) mass is 294 g/mol. The van der Waals surface area contributed by atoms with Gasteiger partial charge in [-0.1, -0.05) is 24.3 Å². The largest absolute Gasteiger partial charge is 0.376 e. The van der Waals surface area contributed by atoms with E-state index in [0.717, 1.165) is 6.07 Å². The van der Waals surface area contributed by atoms with Crippen LogP contribution >= 0.6 is 0 Å². The lowest BCUT2D eigenvalue weighted by Gasteiger charge is -2.18. The van der Waals surface area contributed by atoms with Crippen LogP contribution in [0.2, 0.25) is 0 Å². The fourth-order valence-corrected chi connectivity index (χ4v) is 2.97. The maximum Gasteiger partial charge on any atom is 0.264 e. The van der Waals surface area contributed by atoms with Crippen molar-refractivity contribution >= 4 is 21.4 Å². The van der Waals surface area contributed by atoms with Gasteiger partial charge in [0.2, 0.25) is 0 Å². The standard InChI is InChI=1S/C14H15FN2O2S/c1-17(2)13-9-5-4-8-12(13)16-20(18,19)14-10-6-3-7-11(14)15/h3-10,16H,1-2H3. The summed E-state index contributed by atoms with van der Waals surface area (Å²) in [4.78, 5) is 1.41. The summed E-state index contributed by atoms with van der Waals surface area (Å²) in [5.41, 5.74) is 1.10. The van der Waals surface area contributed by atoms with Gasteiger partial charge >= 0.3 is 0 Å². The van der Waals surface area contributed by atoms with Gasteiger partial charge in [0.1, 0.15) is 10.7 Å². The molecule has 0 aliphatic carbocycles. The van der Waals surface area contributed by atoms with Gasteiger partial charge in [0.05, 0.1) is 11.4 Å². The Morgan fingerprint density at radius 2 is 1.60 bits per heavy atom. The zero-order valence-corrected chi connectivity index (χ0v) is 12.0. The SMILES string of the molecule is CN(C)c1ccccc1NS(=O)(=O)c1ccccc1F. The lowest BCUT2D eigenvalue weighted by molar-refractivity contribution is 0.570. The molecule has 0 atom stereocenters. The number of para-hydroxylation sites is 2. The molecule has 0 saturated heterocycles. The average molecular weight is 294 g/mol.